The van der Waals surface area contributed by atoms with Gasteiger partial charge in [-0.2, -0.15) is 0 Å². The zero-order valence-corrected chi connectivity index (χ0v) is 18.1. The molecule has 1 saturated heterocycles. The molecule has 1 aliphatic heterocycles. The number of methoxy groups -OCH3 is 1. The number of aryl methyl sites for hydroxylation is 1. The molecular formula is C25H29N3O3. The van der Waals surface area contributed by atoms with Crippen LogP contribution in [0.5, 0.6) is 5.75 Å². The van der Waals surface area contributed by atoms with E-state index in [1.165, 1.54) is 24.8 Å². The number of benzene rings is 2. The highest BCUT2D eigenvalue weighted by molar-refractivity contribution is 6.00. The van der Waals surface area contributed by atoms with Crippen molar-refractivity contribution < 1.29 is 14.1 Å². The molecule has 6 heteroatoms. The first-order valence-corrected chi connectivity index (χ1v) is 10.8. The lowest BCUT2D eigenvalue weighted by Gasteiger charge is -2.35. The molecule has 0 spiro atoms. The molecule has 162 valence electrons. The molecule has 1 aromatic heterocycles. The van der Waals surface area contributed by atoms with Gasteiger partial charge < -0.3 is 14.6 Å². The number of likely N-dealkylation sites (tertiary alicyclic amines) is 1. The van der Waals surface area contributed by atoms with Crippen LogP contribution in [0, 0.1) is 6.92 Å². The van der Waals surface area contributed by atoms with E-state index in [4.69, 9.17) is 9.26 Å². The van der Waals surface area contributed by atoms with Gasteiger partial charge in [0.05, 0.1) is 13.2 Å². The van der Waals surface area contributed by atoms with E-state index in [0.29, 0.717) is 23.6 Å². The van der Waals surface area contributed by atoms with Crippen LogP contribution in [0.25, 0.3) is 11.3 Å². The monoisotopic (exact) mass is 419 g/mol. The maximum absolute atomic E-state index is 13.2. The standard InChI is InChI=1S/C25H29N3O3/c1-18-23(24(27-31-18)20-9-5-3-6-10-20)25(29)26-17-22(28-15-7-4-8-16-28)19-11-13-21(30-2)14-12-19/h3,5-6,9-14,22H,4,7-8,15-17H2,1-2H3,(H,26,29)/t22-/m0/s1. The number of piperidine rings is 1. The summed E-state index contributed by atoms with van der Waals surface area (Å²) >= 11 is 0. The average molecular weight is 420 g/mol. The Hall–Kier alpha value is -3.12. The first-order valence-electron chi connectivity index (χ1n) is 10.8. The van der Waals surface area contributed by atoms with Crippen molar-refractivity contribution in [1.29, 1.82) is 0 Å². The summed E-state index contributed by atoms with van der Waals surface area (Å²) in [5.74, 6) is 1.20. The van der Waals surface area contributed by atoms with Crippen LogP contribution in [0.3, 0.4) is 0 Å². The molecule has 2 heterocycles. The highest BCUT2D eigenvalue weighted by atomic mass is 16.5. The van der Waals surface area contributed by atoms with Crippen molar-refractivity contribution >= 4 is 5.91 Å². The third kappa shape index (κ3) is 4.80. The molecule has 4 rings (SSSR count). The number of amides is 1. The molecule has 0 aliphatic carbocycles. The predicted octanol–water partition coefficient (Wildman–Crippen LogP) is 4.62. The fourth-order valence-corrected chi connectivity index (χ4v) is 4.22. The Morgan fingerprint density at radius 2 is 1.81 bits per heavy atom. The topological polar surface area (TPSA) is 67.6 Å². The van der Waals surface area contributed by atoms with Crippen molar-refractivity contribution in [1.82, 2.24) is 15.4 Å². The molecule has 1 atom stereocenters. The van der Waals surface area contributed by atoms with Gasteiger partial charge in [0.2, 0.25) is 0 Å². The minimum atomic E-state index is -0.159. The van der Waals surface area contributed by atoms with Gasteiger partial charge in [0, 0.05) is 12.1 Å². The molecule has 0 bridgehead atoms. The van der Waals surface area contributed by atoms with E-state index in [0.717, 1.165) is 24.4 Å². The lowest BCUT2D eigenvalue weighted by Crippen LogP contribution is -2.40. The number of nitrogens with zero attached hydrogens (tertiary/aromatic N) is 2. The second-order valence-electron chi connectivity index (χ2n) is 7.92. The number of hydrogen-bond acceptors (Lipinski definition) is 5. The summed E-state index contributed by atoms with van der Waals surface area (Å²) in [5.41, 5.74) is 3.12. The van der Waals surface area contributed by atoms with Gasteiger partial charge in [0.15, 0.2) is 0 Å². The second kappa shape index (κ2) is 9.79. The van der Waals surface area contributed by atoms with Crippen LogP contribution >= 0.6 is 0 Å². The van der Waals surface area contributed by atoms with E-state index in [9.17, 15) is 4.79 Å². The van der Waals surface area contributed by atoms with Gasteiger partial charge in [-0.1, -0.05) is 54.0 Å². The van der Waals surface area contributed by atoms with Crippen LogP contribution in [-0.4, -0.2) is 42.7 Å². The summed E-state index contributed by atoms with van der Waals surface area (Å²) in [6.07, 6.45) is 3.63. The minimum Gasteiger partial charge on any atom is -0.497 e. The molecule has 3 aromatic rings. The SMILES string of the molecule is COc1ccc([C@H](CNC(=O)c2c(-c3ccccc3)noc2C)N2CCCCC2)cc1. The number of nitrogens with one attached hydrogen (secondary N) is 1. The summed E-state index contributed by atoms with van der Waals surface area (Å²) in [7, 11) is 1.67. The third-order valence-electron chi connectivity index (χ3n) is 5.92. The van der Waals surface area contributed by atoms with Crippen LogP contribution in [0.2, 0.25) is 0 Å². The van der Waals surface area contributed by atoms with Crippen molar-refractivity contribution in [2.24, 2.45) is 0 Å². The van der Waals surface area contributed by atoms with Gasteiger partial charge in [0.25, 0.3) is 5.91 Å². The van der Waals surface area contributed by atoms with Crippen LogP contribution in [0.1, 0.15) is 47.0 Å². The Balaban J connectivity index is 1.54. The fourth-order valence-electron chi connectivity index (χ4n) is 4.22. The molecule has 2 aromatic carbocycles. The van der Waals surface area contributed by atoms with E-state index in [1.807, 2.05) is 42.5 Å². The highest BCUT2D eigenvalue weighted by Gasteiger charge is 2.26. The second-order valence-corrected chi connectivity index (χ2v) is 7.92. The first kappa shape index (κ1) is 21.1. The number of aromatic nitrogens is 1. The van der Waals surface area contributed by atoms with Crippen LogP contribution in [0.4, 0.5) is 0 Å². The molecule has 1 aliphatic rings. The van der Waals surface area contributed by atoms with Crippen molar-refractivity contribution in [3.05, 3.63) is 71.5 Å². The van der Waals surface area contributed by atoms with E-state index in [1.54, 1.807) is 14.0 Å². The quantitative estimate of drug-likeness (QED) is 0.605. The maximum Gasteiger partial charge on any atom is 0.257 e. The molecule has 0 saturated carbocycles. The van der Waals surface area contributed by atoms with Crippen molar-refractivity contribution in [2.45, 2.75) is 32.2 Å². The van der Waals surface area contributed by atoms with Gasteiger partial charge in [-0.25, -0.2) is 0 Å². The maximum atomic E-state index is 13.2. The smallest absolute Gasteiger partial charge is 0.257 e. The molecule has 6 nitrogen and oxygen atoms in total. The highest BCUT2D eigenvalue weighted by Crippen LogP contribution is 2.28. The van der Waals surface area contributed by atoms with Gasteiger partial charge in [-0.05, 0) is 50.6 Å². The average Bonchev–Trinajstić information content (AvgIpc) is 3.22. The zero-order chi connectivity index (χ0) is 21.6. The lowest BCUT2D eigenvalue weighted by molar-refractivity contribution is 0.0923. The summed E-state index contributed by atoms with van der Waals surface area (Å²) < 4.78 is 10.7. The van der Waals surface area contributed by atoms with Gasteiger partial charge in [0.1, 0.15) is 22.8 Å². The number of ether oxygens (including phenoxy) is 1. The Bertz CT molecular complexity index is 993. The fraction of sp³-hybridized carbons (Fsp3) is 0.360. The lowest BCUT2D eigenvalue weighted by atomic mass is 10.0. The first-order chi connectivity index (χ1) is 15.2. The van der Waals surface area contributed by atoms with Gasteiger partial charge >= 0.3 is 0 Å². The summed E-state index contributed by atoms with van der Waals surface area (Å²) in [6, 6.07) is 17.9. The Labute approximate surface area is 183 Å². The van der Waals surface area contributed by atoms with Gasteiger partial charge in [-0.15, -0.1) is 0 Å². The van der Waals surface area contributed by atoms with Gasteiger partial charge in [-0.3, -0.25) is 9.69 Å². The number of carbonyl (C=O) groups is 1. The predicted molar refractivity (Wildman–Crippen MR) is 120 cm³/mol. The number of hydrogen-bond donors (Lipinski definition) is 1. The molecule has 1 N–H and O–H groups in total. The van der Waals surface area contributed by atoms with E-state index in [2.05, 4.69) is 27.5 Å². The third-order valence-corrected chi connectivity index (χ3v) is 5.92. The molecule has 1 amide bonds. The minimum absolute atomic E-state index is 0.107. The van der Waals surface area contributed by atoms with E-state index >= 15 is 0 Å². The summed E-state index contributed by atoms with van der Waals surface area (Å²) in [5, 5.41) is 7.29. The van der Waals surface area contributed by atoms with Crippen LogP contribution < -0.4 is 10.1 Å². The zero-order valence-electron chi connectivity index (χ0n) is 18.1. The van der Waals surface area contributed by atoms with E-state index < -0.39 is 0 Å². The Kier molecular flexibility index (Phi) is 6.67. The number of rotatable bonds is 7. The van der Waals surface area contributed by atoms with Crippen molar-refractivity contribution in [3.8, 4) is 17.0 Å². The summed E-state index contributed by atoms with van der Waals surface area (Å²) in [4.78, 5) is 15.7. The van der Waals surface area contributed by atoms with Crippen LogP contribution in [-0.2, 0) is 0 Å². The van der Waals surface area contributed by atoms with Crippen molar-refractivity contribution in [2.75, 3.05) is 26.7 Å². The largest absolute Gasteiger partial charge is 0.497 e. The Morgan fingerprint density at radius 1 is 1.10 bits per heavy atom. The number of carbonyl (C=O) groups excluding carboxylic acids is 1. The Morgan fingerprint density at radius 3 is 2.48 bits per heavy atom. The molecule has 0 radical (unpaired) electrons. The molecular weight excluding hydrogens is 390 g/mol. The molecule has 1 fully saturated rings. The molecule has 0 unspecified atom stereocenters. The van der Waals surface area contributed by atoms with E-state index in [-0.39, 0.29) is 11.9 Å². The van der Waals surface area contributed by atoms with Crippen LogP contribution in [0.15, 0.2) is 59.1 Å². The molecule has 31 heavy (non-hydrogen) atoms. The summed E-state index contributed by atoms with van der Waals surface area (Å²) in [6.45, 7) is 4.37. The normalized spacial score (nSPS) is 15.4. The van der Waals surface area contributed by atoms with Crippen molar-refractivity contribution in [3.63, 3.8) is 0 Å².